The second-order valence-corrected chi connectivity index (χ2v) is 8.18. The zero-order valence-corrected chi connectivity index (χ0v) is 19.5. The number of hydrogen-bond donors (Lipinski definition) is 0. The minimum atomic E-state index is -0.510. The number of carbonyl (C=O) groups is 2. The first kappa shape index (κ1) is 23.0. The molecule has 0 unspecified atom stereocenters. The maximum Gasteiger partial charge on any atom is 0.348 e. The van der Waals surface area contributed by atoms with Gasteiger partial charge in [0.15, 0.2) is 0 Å². The average Bonchev–Trinajstić information content (AvgIpc) is 3.16. The molecule has 0 atom stereocenters. The summed E-state index contributed by atoms with van der Waals surface area (Å²) in [5, 5.41) is 4.63. The third kappa shape index (κ3) is 4.62. The van der Waals surface area contributed by atoms with Crippen molar-refractivity contribution in [2.75, 3.05) is 6.61 Å². The van der Waals surface area contributed by atoms with Gasteiger partial charge in [-0.25, -0.2) is 14.6 Å². The van der Waals surface area contributed by atoms with Crippen molar-refractivity contribution >= 4 is 39.7 Å². The highest BCUT2D eigenvalue weighted by Crippen LogP contribution is 2.28. The lowest BCUT2D eigenvalue weighted by molar-refractivity contribution is 0.0531. The number of aromatic nitrogens is 3. The number of aryl methyl sites for hydroxylation is 2. The zero-order valence-electron chi connectivity index (χ0n) is 18.6. The van der Waals surface area contributed by atoms with Crippen LogP contribution in [0.15, 0.2) is 58.7 Å². The van der Waals surface area contributed by atoms with Crippen molar-refractivity contribution in [3.63, 3.8) is 0 Å². The highest BCUT2D eigenvalue weighted by molar-refractivity contribution is 7.20. The predicted molar refractivity (Wildman–Crippen MR) is 128 cm³/mol. The van der Waals surface area contributed by atoms with Gasteiger partial charge in [0.05, 0.1) is 23.8 Å². The van der Waals surface area contributed by atoms with Crippen molar-refractivity contribution in [2.24, 2.45) is 5.10 Å². The summed E-state index contributed by atoms with van der Waals surface area (Å²) in [6.45, 7) is 5.33. The standard InChI is InChI=1S/C24H20N4O5S/c1-4-32-24(31)20-14(2)19-21(34-20)27-15(3)28(22(19)29)26-12-16-7-9-18(10-8-16)33-23(30)17-6-5-11-25-13-17/h5-13H,4H2,1-3H3. The largest absolute Gasteiger partial charge is 0.462 e. The summed E-state index contributed by atoms with van der Waals surface area (Å²) in [6.07, 6.45) is 4.51. The van der Waals surface area contributed by atoms with E-state index in [4.69, 9.17) is 9.47 Å². The number of nitrogens with zero attached hydrogens (tertiary/aromatic N) is 4. The van der Waals surface area contributed by atoms with E-state index in [1.807, 2.05) is 0 Å². The molecule has 0 aliphatic heterocycles. The molecular formula is C24H20N4O5S. The molecule has 0 spiro atoms. The summed E-state index contributed by atoms with van der Waals surface area (Å²) in [5.41, 5.74) is 1.19. The van der Waals surface area contributed by atoms with Gasteiger partial charge in [-0.2, -0.15) is 9.78 Å². The molecule has 0 aliphatic rings. The van der Waals surface area contributed by atoms with Gasteiger partial charge in [-0.1, -0.05) is 0 Å². The molecule has 3 aromatic heterocycles. The van der Waals surface area contributed by atoms with Gasteiger partial charge in [-0.3, -0.25) is 9.78 Å². The zero-order chi connectivity index (χ0) is 24.2. The van der Waals surface area contributed by atoms with E-state index in [0.29, 0.717) is 43.4 Å². The number of benzene rings is 1. The van der Waals surface area contributed by atoms with Crippen LogP contribution in [0.2, 0.25) is 0 Å². The van der Waals surface area contributed by atoms with Crippen LogP contribution in [0.1, 0.15) is 43.9 Å². The number of pyridine rings is 1. The highest BCUT2D eigenvalue weighted by atomic mass is 32.1. The van der Waals surface area contributed by atoms with E-state index in [1.165, 1.54) is 17.1 Å². The Kier molecular flexibility index (Phi) is 6.60. The van der Waals surface area contributed by atoms with E-state index < -0.39 is 11.9 Å². The number of fused-ring (bicyclic) bond motifs is 1. The molecule has 9 nitrogen and oxygen atoms in total. The predicted octanol–water partition coefficient (Wildman–Crippen LogP) is 3.75. The van der Waals surface area contributed by atoms with Crippen LogP contribution in [-0.4, -0.2) is 39.4 Å². The molecule has 0 amide bonds. The van der Waals surface area contributed by atoms with Crippen LogP contribution in [0.4, 0.5) is 0 Å². The minimum Gasteiger partial charge on any atom is -0.462 e. The summed E-state index contributed by atoms with van der Waals surface area (Å²) in [4.78, 5) is 46.6. The van der Waals surface area contributed by atoms with E-state index in [1.54, 1.807) is 63.4 Å². The van der Waals surface area contributed by atoms with Crippen molar-refractivity contribution in [1.29, 1.82) is 0 Å². The fraction of sp³-hybridized carbons (Fsp3) is 0.167. The molecule has 172 valence electrons. The molecule has 0 saturated heterocycles. The lowest BCUT2D eigenvalue weighted by Crippen LogP contribution is -2.20. The fourth-order valence-electron chi connectivity index (χ4n) is 3.20. The number of esters is 2. The highest BCUT2D eigenvalue weighted by Gasteiger charge is 2.21. The summed E-state index contributed by atoms with van der Waals surface area (Å²) in [7, 11) is 0. The summed E-state index contributed by atoms with van der Waals surface area (Å²) in [5.74, 6) is -0.237. The SMILES string of the molecule is CCOC(=O)c1sc2nc(C)n(N=Cc3ccc(OC(=O)c4cccnc4)cc3)c(=O)c2c1C. The van der Waals surface area contributed by atoms with Crippen LogP contribution < -0.4 is 10.3 Å². The summed E-state index contributed by atoms with van der Waals surface area (Å²) >= 11 is 1.13. The van der Waals surface area contributed by atoms with Gasteiger partial charge in [0, 0.05) is 12.4 Å². The van der Waals surface area contributed by atoms with E-state index in [2.05, 4.69) is 15.1 Å². The first-order valence-electron chi connectivity index (χ1n) is 10.4. The molecule has 34 heavy (non-hydrogen) atoms. The molecule has 1 aromatic carbocycles. The number of carbonyl (C=O) groups excluding carboxylic acids is 2. The van der Waals surface area contributed by atoms with Gasteiger partial charge >= 0.3 is 11.9 Å². The maximum atomic E-state index is 13.1. The molecule has 0 fully saturated rings. The minimum absolute atomic E-state index is 0.245. The Morgan fingerprint density at radius 3 is 2.59 bits per heavy atom. The molecular weight excluding hydrogens is 456 g/mol. The van der Waals surface area contributed by atoms with Crippen LogP contribution in [0.5, 0.6) is 5.75 Å². The molecule has 0 aliphatic carbocycles. The molecule has 0 bridgehead atoms. The molecule has 3 heterocycles. The number of ether oxygens (including phenoxy) is 2. The molecule has 4 rings (SSSR count). The van der Waals surface area contributed by atoms with Crippen LogP contribution >= 0.6 is 11.3 Å². The Labute approximate surface area is 198 Å². The van der Waals surface area contributed by atoms with Crippen LogP contribution in [0.25, 0.3) is 10.2 Å². The Morgan fingerprint density at radius 2 is 1.91 bits per heavy atom. The fourth-order valence-corrected chi connectivity index (χ4v) is 4.31. The van der Waals surface area contributed by atoms with Crippen LogP contribution in [0, 0.1) is 13.8 Å². The Morgan fingerprint density at radius 1 is 1.15 bits per heavy atom. The number of hydrogen-bond acceptors (Lipinski definition) is 9. The first-order valence-corrected chi connectivity index (χ1v) is 11.2. The van der Waals surface area contributed by atoms with Gasteiger partial charge in [-0.15, -0.1) is 11.3 Å². The molecule has 10 heteroatoms. The average molecular weight is 477 g/mol. The normalized spacial score (nSPS) is 11.1. The van der Waals surface area contributed by atoms with Gasteiger partial charge in [0.25, 0.3) is 5.56 Å². The number of thiophene rings is 1. The maximum absolute atomic E-state index is 13.1. The molecule has 0 radical (unpaired) electrons. The van der Waals surface area contributed by atoms with Crippen molar-refractivity contribution in [3.8, 4) is 5.75 Å². The second kappa shape index (κ2) is 9.75. The quantitative estimate of drug-likeness (QED) is 0.237. The first-order chi connectivity index (χ1) is 16.4. The Bertz CT molecular complexity index is 1460. The lowest BCUT2D eigenvalue weighted by atomic mass is 10.2. The monoisotopic (exact) mass is 476 g/mol. The Hall–Kier alpha value is -4.18. The van der Waals surface area contributed by atoms with E-state index in [0.717, 1.165) is 11.3 Å². The van der Waals surface area contributed by atoms with Crippen molar-refractivity contribution in [3.05, 3.63) is 86.5 Å². The second-order valence-electron chi connectivity index (χ2n) is 7.18. The van der Waals surface area contributed by atoms with E-state index in [9.17, 15) is 14.4 Å². The molecule has 4 aromatic rings. The van der Waals surface area contributed by atoms with Crippen LogP contribution in [0.3, 0.4) is 0 Å². The van der Waals surface area contributed by atoms with Crippen LogP contribution in [-0.2, 0) is 4.74 Å². The Balaban J connectivity index is 1.57. The van der Waals surface area contributed by atoms with Gasteiger partial charge < -0.3 is 9.47 Å². The summed E-state index contributed by atoms with van der Waals surface area (Å²) < 4.78 is 11.6. The lowest BCUT2D eigenvalue weighted by Gasteiger charge is -2.05. The van der Waals surface area contributed by atoms with E-state index >= 15 is 0 Å². The third-order valence-corrected chi connectivity index (χ3v) is 6.04. The smallest absolute Gasteiger partial charge is 0.348 e. The topological polar surface area (TPSA) is 113 Å². The van der Waals surface area contributed by atoms with Crippen molar-refractivity contribution in [2.45, 2.75) is 20.8 Å². The molecule has 0 N–H and O–H groups in total. The molecule has 0 saturated carbocycles. The summed E-state index contributed by atoms with van der Waals surface area (Å²) in [6, 6.07) is 9.93. The van der Waals surface area contributed by atoms with Crippen molar-refractivity contribution < 1.29 is 19.1 Å². The van der Waals surface area contributed by atoms with Gasteiger partial charge in [0.2, 0.25) is 0 Å². The van der Waals surface area contributed by atoms with E-state index in [-0.39, 0.29) is 12.2 Å². The van der Waals surface area contributed by atoms with Gasteiger partial charge in [-0.05, 0) is 68.3 Å². The number of rotatable bonds is 6. The van der Waals surface area contributed by atoms with Crippen molar-refractivity contribution in [1.82, 2.24) is 14.6 Å². The third-order valence-electron chi connectivity index (χ3n) is 4.88. The van der Waals surface area contributed by atoms with Gasteiger partial charge in [0.1, 0.15) is 21.3 Å².